The van der Waals surface area contributed by atoms with Gasteiger partial charge >= 0.3 is 5.97 Å². The van der Waals surface area contributed by atoms with Crippen molar-refractivity contribution in [2.75, 3.05) is 19.7 Å². The molecule has 35 heavy (non-hydrogen) atoms. The van der Waals surface area contributed by atoms with Gasteiger partial charge in [0.05, 0.1) is 11.6 Å². The lowest BCUT2D eigenvalue weighted by Gasteiger charge is -2.29. The molecule has 8 nitrogen and oxygen atoms in total. The Labute approximate surface area is 209 Å². The highest BCUT2D eigenvalue weighted by Gasteiger charge is 2.31. The SMILES string of the molecule is CCOC(=O)c1csc(CCN[C@@H]2CCc3c(c(C(=O)N4CCc5ccccc5C4)nn3C)C2)n1. The van der Waals surface area contributed by atoms with Gasteiger partial charge in [-0.2, -0.15) is 5.10 Å². The molecule has 1 aromatic carbocycles. The smallest absolute Gasteiger partial charge is 0.357 e. The molecule has 5 rings (SSSR count). The Bertz CT molecular complexity index is 1230. The summed E-state index contributed by atoms with van der Waals surface area (Å²) in [6.07, 6.45) is 4.33. The minimum atomic E-state index is -0.367. The molecule has 1 aliphatic heterocycles. The first-order valence-electron chi connectivity index (χ1n) is 12.3. The fourth-order valence-electron chi connectivity index (χ4n) is 5.06. The molecule has 1 atom stereocenters. The minimum Gasteiger partial charge on any atom is -0.461 e. The topological polar surface area (TPSA) is 89.4 Å². The Morgan fingerprint density at radius 1 is 1.23 bits per heavy atom. The van der Waals surface area contributed by atoms with Gasteiger partial charge in [-0.1, -0.05) is 24.3 Å². The lowest BCUT2D eigenvalue weighted by Crippen LogP contribution is -2.38. The Morgan fingerprint density at radius 2 is 2.06 bits per heavy atom. The number of aryl methyl sites for hydroxylation is 1. The van der Waals surface area contributed by atoms with Gasteiger partial charge in [-0.3, -0.25) is 9.48 Å². The van der Waals surface area contributed by atoms with Crippen LogP contribution in [0.2, 0.25) is 0 Å². The first-order chi connectivity index (χ1) is 17.0. The number of nitrogens with one attached hydrogen (secondary N) is 1. The number of fused-ring (bicyclic) bond motifs is 2. The summed E-state index contributed by atoms with van der Waals surface area (Å²) >= 11 is 1.48. The van der Waals surface area contributed by atoms with E-state index in [0.29, 0.717) is 24.5 Å². The maximum absolute atomic E-state index is 13.5. The largest absolute Gasteiger partial charge is 0.461 e. The van der Waals surface area contributed by atoms with Crippen LogP contribution in [0.4, 0.5) is 0 Å². The first-order valence-corrected chi connectivity index (χ1v) is 13.2. The zero-order valence-electron chi connectivity index (χ0n) is 20.2. The van der Waals surface area contributed by atoms with Crippen molar-refractivity contribution in [1.29, 1.82) is 0 Å². The normalized spacial score (nSPS) is 17.1. The third-order valence-electron chi connectivity index (χ3n) is 6.88. The summed E-state index contributed by atoms with van der Waals surface area (Å²) in [4.78, 5) is 31.6. The number of amides is 1. The fourth-order valence-corrected chi connectivity index (χ4v) is 5.83. The van der Waals surface area contributed by atoms with E-state index in [-0.39, 0.29) is 17.9 Å². The number of benzene rings is 1. The second-order valence-corrected chi connectivity index (χ2v) is 10.1. The quantitative estimate of drug-likeness (QED) is 0.509. The molecule has 0 unspecified atom stereocenters. The number of nitrogens with zero attached hydrogens (tertiary/aromatic N) is 4. The van der Waals surface area contributed by atoms with E-state index in [1.807, 2.05) is 22.7 Å². The van der Waals surface area contributed by atoms with E-state index in [9.17, 15) is 9.59 Å². The monoisotopic (exact) mass is 493 g/mol. The molecule has 0 fully saturated rings. The van der Waals surface area contributed by atoms with Crippen molar-refractivity contribution in [1.82, 2.24) is 25.0 Å². The summed E-state index contributed by atoms with van der Waals surface area (Å²) in [5.74, 6) is -0.333. The predicted octanol–water partition coefficient (Wildman–Crippen LogP) is 2.94. The van der Waals surface area contributed by atoms with Gasteiger partial charge < -0.3 is 15.0 Å². The molecule has 0 radical (unpaired) electrons. The molecule has 1 amide bonds. The van der Waals surface area contributed by atoms with Crippen LogP contribution in [0.25, 0.3) is 0 Å². The van der Waals surface area contributed by atoms with Gasteiger partial charge in [-0.05, 0) is 43.7 Å². The van der Waals surface area contributed by atoms with Crippen LogP contribution in [-0.2, 0) is 44.0 Å². The molecule has 3 heterocycles. The number of rotatable bonds is 7. The van der Waals surface area contributed by atoms with Crippen LogP contribution >= 0.6 is 11.3 Å². The number of carbonyl (C=O) groups excluding carboxylic acids is 2. The van der Waals surface area contributed by atoms with Crippen LogP contribution in [0.1, 0.15) is 61.7 Å². The molecule has 184 valence electrons. The van der Waals surface area contributed by atoms with Crippen LogP contribution in [0.5, 0.6) is 0 Å². The molecule has 1 aliphatic carbocycles. The highest BCUT2D eigenvalue weighted by Crippen LogP contribution is 2.27. The van der Waals surface area contributed by atoms with E-state index in [4.69, 9.17) is 4.74 Å². The van der Waals surface area contributed by atoms with Crippen molar-refractivity contribution in [3.05, 3.63) is 68.4 Å². The van der Waals surface area contributed by atoms with Crippen molar-refractivity contribution < 1.29 is 14.3 Å². The Morgan fingerprint density at radius 3 is 2.89 bits per heavy atom. The third kappa shape index (κ3) is 5.01. The Kier molecular flexibility index (Phi) is 6.97. The lowest BCUT2D eigenvalue weighted by molar-refractivity contribution is 0.0520. The zero-order valence-corrected chi connectivity index (χ0v) is 21.1. The maximum atomic E-state index is 13.5. The summed E-state index contributed by atoms with van der Waals surface area (Å²) in [5, 5.41) is 11.0. The fraction of sp³-hybridized carbons (Fsp3) is 0.462. The third-order valence-corrected chi connectivity index (χ3v) is 7.79. The van der Waals surface area contributed by atoms with Gasteiger partial charge in [0.25, 0.3) is 5.91 Å². The molecule has 2 aromatic heterocycles. The number of esters is 1. The van der Waals surface area contributed by atoms with E-state index in [2.05, 4.69) is 33.6 Å². The molecule has 3 aromatic rings. The van der Waals surface area contributed by atoms with Crippen LogP contribution < -0.4 is 5.32 Å². The van der Waals surface area contributed by atoms with Crippen molar-refractivity contribution >= 4 is 23.2 Å². The van der Waals surface area contributed by atoms with Crippen LogP contribution in [0.3, 0.4) is 0 Å². The molecular formula is C26H31N5O3S. The number of carbonyl (C=O) groups is 2. The minimum absolute atomic E-state index is 0.0336. The summed E-state index contributed by atoms with van der Waals surface area (Å²) in [7, 11) is 1.94. The summed E-state index contributed by atoms with van der Waals surface area (Å²) in [5.41, 5.74) is 5.80. The van der Waals surface area contributed by atoms with E-state index in [0.717, 1.165) is 55.8 Å². The van der Waals surface area contributed by atoms with E-state index in [1.165, 1.54) is 28.2 Å². The second-order valence-electron chi connectivity index (χ2n) is 9.13. The van der Waals surface area contributed by atoms with Crippen molar-refractivity contribution in [2.24, 2.45) is 7.05 Å². The van der Waals surface area contributed by atoms with E-state index < -0.39 is 0 Å². The second kappa shape index (κ2) is 10.3. The van der Waals surface area contributed by atoms with Crippen molar-refractivity contribution in [3.63, 3.8) is 0 Å². The standard InChI is InChI=1S/C26H31N5O3S/c1-3-34-26(33)21-16-35-23(28-21)10-12-27-19-8-9-22-20(14-19)24(29-30(22)2)25(32)31-13-11-17-6-4-5-7-18(17)15-31/h4-7,16,19,27H,3,8-15H2,1-2H3/t19-/m1/s1. The number of thiazole rings is 1. The van der Waals surface area contributed by atoms with Crippen molar-refractivity contribution in [3.8, 4) is 0 Å². The average Bonchev–Trinajstić information content (AvgIpc) is 3.48. The molecule has 0 saturated carbocycles. The van der Waals surface area contributed by atoms with Gasteiger partial charge in [0, 0.05) is 55.8 Å². The van der Waals surface area contributed by atoms with Gasteiger partial charge in [0.15, 0.2) is 11.4 Å². The lowest BCUT2D eigenvalue weighted by atomic mass is 9.90. The number of hydrogen-bond acceptors (Lipinski definition) is 7. The van der Waals surface area contributed by atoms with E-state index in [1.54, 1.807) is 12.3 Å². The van der Waals surface area contributed by atoms with Crippen LogP contribution in [-0.4, -0.2) is 57.3 Å². The molecule has 0 bridgehead atoms. The van der Waals surface area contributed by atoms with Gasteiger partial charge in [0.1, 0.15) is 0 Å². The maximum Gasteiger partial charge on any atom is 0.357 e. The molecule has 0 spiro atoms. The Hall–Kier alpha value is -3.04. The number of aromatic nitrogens is 3. The number of hydrogen-bond donors (Lipinski definition) is 1. The van der Waals surface area contributed by atoms with Gasteiger partial charge in [-0.15, -0.1) is 11.3 Å². The summed E-state index contributed by atoms with van der Waals surface area (Å²) in [6, 6.07) is 8.64. The molecular weight excluding hydrogens is 462 g/mol. The highest BCUT2D eigenvalue weighted by molar-refractivity contribution is 7.09. The zero-order chi connectivity index (χ0) is 24.4. The van der Waals surface area contributed by atoms with Gasteiger partial charge in [0.2, 0.25) is 0 Å². The average molecular weight is 494 g/mol. The van der Waals surface area contributed by atoms with Crippen LogP contribution in [0, 0.1) is 0 Å². The highest BCUT2D eigenvalue weighted by atomic mass is 32.1. The number of ether oxygens (including phenoxy) is 1. The van der Waals surface area contributed by atoms with Crippen molar-refractivity contribution in [2.45, 2.75) is 51.6 Å². The Balaban J connectivity index is 1.21. The molecule has 0 saturated heterocycles. The van der Waals surface area contributed by atoms with Gasteiger partial charge in [-0.25, -0.2) is 9.78 Å². The van der Waals surface area contributed by atoms with E-state index >= 15 is 0 Å². The van der Waals surface area contributed by atoms with Crippen LogP contribution in [0.15, 0.2) is 29.6 Å². The molecule has 1 N–H and O–H groups in total. The molecule has 2 aliphatic rings. The first kappa shape index (κ1) is 23.7. The molecule has 9 heteroatoms. The summed E-state index contributed by atoms with van der Waals surface area (Å²) in [6.45, 7) is 4.27. The summed E-state index contributed by atoms with van der Waals surface area (Å²) < 4.78 is 6.91. The predicted molar refractivity (Wildman–Crippen MR) is 134 cm³/mol.